The molecule has 228 valence electrons. The molecule has 3 aromatic rings. The van der Waals surface area contributed by atoms with Gasteiger partial charge in [-0.1, -0.05) is 34.8 Å². The first-order valence-corrected chi connectivity index (χ1v) is 18.1. The summed E-state index contributed by atoms with van der Waals surface area (Å²) < 4.78 is 9.69. The summed E-state index contributed by atoms with van der Waals surface area (Å²) in [5.74, 6) is 0.266. The molecule has 5 aliphatic rings. The molecular weight excluding hydrogens is 635 g/mol. The van der Waals surface area contributed by atoms with E-state index in [1.807, 2.05) is 6.26 Å². The van der Waals surface area contributed by atoms with E-state index in [4.69, 9.17) is 39.5 Å². The highest BCUT2D eigenvalue weighted by molar-refractivity contribution is 7.98. The molecule has 5 nitrogen and oxygen atoms in total. The topological polar surface area (TPSA) is 55.6 Å². The number of rotatable bonds is 3. The molecule has 5 aliphatic heterocycles. The Hall–Kier alpha value is -2.38. The molecule has 0 saturated carbocycles. The monoisotopic (exact) mass is 666 g/mol. The van der Waals surface area contributed by atoms with Gasteiger partial charge >= 0.3 is 0 Å². The van der Waals surface area contributed by atoms with E-state index in [0.29, 0.717) is 10.5 Å². The fraction of sp³-hybridized carbons (Fsp3) is 0.429. The van der Waals surface area contributed by atoms with Crippen LogP contribution in [0.2, 0.25) is 15.1 Å². The molecule has 44 heavy (non-hydrogen) atoms. The lowest BCUT2D eigenvalue weighted by molar-refractivity contribution is -0.255. The minimum atomic E-state index is -1.40. The number of aryl methyl sites for hydroxylation is 2. The quantitative estimate of drug-likeness (QED) is 0.154. The van der Waals surface area contributed by atoms with Gasteiger partial charge in [-0.3, -0.25) is 0 Å². The van der Waals surface area contributed by atoms with E-state index in [0.717, 1.165) is 118 Å². The number of carboxylic acids is 1. The molecule has 0 N–H and O–H groups in total. The summed E-state index contributed by atoms with van der Waals surface area (Å²) in [6.07, 6.45) is 12.2. The van der Waals surface area contributed by atoms with Crippen molar-refractivity contribution in [2.45, 2.75) is 69.1 Å². The van der Waals surface area contributed by atoms with Crippen LogP contribution in [0.15, 0.2) is 17.0 Å². The van der Waals surface area contributed by atoms with Crippen molar-refractivity contribution in [3.05, 3.63) is 76.7 Å². The second-order valence-electron chi connectivity index (χ2n) is 12.6. The molecule has 0 spiro atoms. The van der Waals surface area contributed by atoms with E-state index in [1.54, 1.807) is 0 Å². The number of anilines is 1. The zero-order valence-corrected chi connectivity index (χ0v) is 27.8. The second-order valence-corrected chi connectivity index (χ2v) is 14.5. The summed E-state index contributed by atoms with van der Waals surface area (Å²) in [5, 5.41) is 15.5. The van der Waals surface area contributed by atoms with E-state index >= 15 is 0 Å². The summed E-state index contributed by atoms with van der Waals surface area (Å²) in [6.45, 7) is 4.18. The lowest BCUT2D eigenvalue weighted by Gasteiger charge is -2.36. The molecule has 0 unspecified atom stereocenters. The predicted octanol–water partition coefficient (Wildman–Crippen LogP) is 5.95. The largest absolute Gasteiger partial charge is 0.545 e. The highest BCUT2D eigenvalue weighted by atomic mass is 35.5. The van der Waals surface area contributed by atoms with Crippen molar-refractivity contribution in [3.8, 4) is 11.5 Å². The molecule has 5 heterocycles. The first-order valence-electron chi connectivity index (χ1n) is 15.8. The maximum Gasteiger partial charge on any atom is 0.210 e. The van der Waals surface area contributed by atoms with Crippen molar-refractivity contribution in [2.75, 3.05) is 37.3 Å². The SMILES string of the molecule is CSc1c(Cl)c(Cl)c(C(=O)[O-])c(C2=c3cc4c5c(c3Oc3c2cc2c6c3CCCN6CCCC2)CCC[N+]=5CCCC4)c1Cl. The molecule has 0 fully saturated rings. The number of ether oxygens (including phenoxy) is 1. The number of fused-ring (bicyclic) bond motifs is 4. The number of nitrogens with zero attached hydrogens (tertiary/aromatic N) is 2. The van der Waals surface area contributed by atoms with Gasteiger partial charge < -0.3 is 19.5 Å². The van der Waals surface area contributed by atoms with Gasteiger partial charge in [0, 0.05) is 75.1 Å². The van der Waals surface area contributed by atoms with Crippen LogP contribution in [-0.2, 0) is 25.7 Å². The Bertz CT molecular complexity index is 1920. The van der Waals surface area contributed by atoms with Gasteiger partial charge in [0.05, 0.1) is 26.6 Å². The smallest absolute Gasteiger partial charge is 0.210 e. The summed E-state index contributed by atoms with van der Waals surface area (Å²) in [4.78, 5) is 16.0. The third-order valence-electron chi connectivity index (χ3n) is 10.1. The normalized spacial score (nSPS) is 18.4. The average molecular weight is 668 g/mol. The first kappa shape index (κ1) is 29.1. The molecule has 9 heteroatoms. The molecular formula is C35H33Cl3N2O3S. The molecule has 0 aromatic heterocycles. The molecule has 3 aromatic carbocycles. The number of hydrogen-bond acceptors (Lipinski definition) is 5. The lowest BCUT2D eigenvalue weighted by atomic mass is 9.83. The Morgan fingerprint density at radius 1 is 0.864 bits per heavy atom. The van der Waals surface area contributed by atoms with Crippen molar-refractivity contribution >= 4 is 63.8 Å². The van der Waals surface area contributed by atoms with Crippen molar-refractivity contribution in [3.63, 3.8) is 0 Å². The van der Waals surface area contributed by atoms with Crippen molar-refractivity contribution in [1.82, 2.24) is 4.58 Å². The molecule has 0 aliphatic carbocycles. The number of carbonyl (C=O) groups excluding carboxylic acids is 1. The van der Waals surface area contributed by atoms with Gasteiger partial charge in [0.2, 0.25) is 5.36 Å². The van der Waals surface area contributed by atoms with E-state index in [-0.39, 0.29) is 20.6 Å². The van der Waals surface area contributed by atoms with Crippen LogP contribution >= 0.6 is 46.6 Å². The van der Waals surface area contributed by atoms with Crippen LogP contribution < -0.4 is 29.9 Å². The number of carboxylic acid groups (broad SMARTS) is 1. The summed E-state index contributed by atoms with van der Waals surface area (Å²) in [6, 6.07) is 4.49. The molecule has 0 amide bonds. The molecule has 0 saturated heterocycles. The number of halogens is 3. The van der Waals surface area contributed by atoms with Crippen LogP contribution in [0.1, 0.15) is 82.3 Å². The van der Waals surface area contributed by atoms with Crippen LogP contribution in [0.4, 0.5) is 5.69 Å². The van der Waals surface area contributed by atoms with Crippen LogP contribution in [-0.4, -0.2) is 38.4 Å². The Morgan fingerprint density at radius 3 is 2.43 bits per heavy atom. The van der Waals surface area contributed by atoms with E-state index in [2.05, 4.69) is 21.6 Å². The Kier molecular flexibility index (Phi) is 7.36. The third kappa shape index (κ3) is 4.27. The Labute approximate surface area is 276 Å². The molecule has 0 radical (unpaired) electrons. The number of benzene rings is 3. The van der Waals surface area contributed by atoms with E-state index in [9.17, 15) is 9.90 Å². The highest BCUT2D eigenvalue weighted by Gasteiger charge is 2.37. The molecule has 8 rings (SSSR count). The predicted molar refractivity (Wildman–Crippen MR) is 177 cm³/mol. The summed E-state index contributed by atoms with van der Waals surface area (Å²) >= 11 is 22.0. The van der Waals surface area contributed by atoms with Gasteiger partial charge in [-0.25, -0.2) is 4.58 Å². The Balaban J connectivity index is 1.58. The summed E-state index contributed by atoms with van der Waals surface area (Å²) in [7, 11) is 0. The fourth-order valence-electron chi connectivity index (χ4n) is 8.34. The highest BCUT2D eigenvalue weighted by Crippen LogP contribution is 2.52. The standard InChI is InChI=1S/C35H33Cl3N2O3S/c1-44-34-28(37)25(26(35(41)42)27(36)29(34)38)24-22-16-18-8-2-4-12-39-14-6-10-20(30(18)39)32(22)43-33-21-11-7-15-40-13-5-3-9-19(31(21)40)17-23(24)33/h16-17H,2-15H2,1H3. The first-order chi connectivity index (χ1) is 21.4. The van der Waals surface area contributed by atoms with Gasteiger partial charge in [0.1, 0.15) is 24.6 Å². The zero-order valence-electron chi connectivity index (χ0n) is 24.7. The maximum absolute atomic E-state index is 12.9. The Morgan fingerprint density at radius 2 is 1.61 bits per heavy atom. The molecule has 0 atom stereocenters. The van der Waals surface area contributed by atoms with Gasteiger partial charge in [-0.15, -0.1) is 11.8 Å². The number of carbonyl (C=O) groups is 1. The maximum atomic E-state index is 12.9. The number of thioether (sulfide) groups is 1. The second kappa shape index (κ2) is 11.2. The van der Waals surface area contributed by atoms with Crippen LogP contribution in [0.3, 0.4) is 0 Å². The minimum Gasteiger partial charge on any atom is -0.545 e. The number of hydrogen-bond donors (Lipinski definition) is 0. The zero-order chi connectivity index (χ0) is 30.3. The van der Waals surface area contributed by atoms with Crippen LogP contribution in [0, 0.1) is 0 Å². The van der Waals surface area contributed by atoms with Crippen molar-refractivity contribution in [1.29, 1.82) is 0 Å². The van der Waals surface area contributed by atoms with Gasteiger partial charge in [0.25, 0.3) is 0 Å². The van der Waals surface area contributed by atoms with Gasteiger partial charge in [-0.05, 0) is 75.3 Å². The van der Waals surface area contributed by atoms with Crippen molar-refractivity contribution in [2.24, 2.45) is 0 Å². The number of aromatic carboxylic acids is 1. The van der Waals surface area contributed by atoms with Crippen LogP contribution in [0.25, 0.3) is 5.57 Å². The summed E-state index contributed by atoms with van der Waals surface area (Å²) in [5.41, 5.74) is 8.20. The lowest BCUT2D eigenvalue weighted by Crippen LogP contribution is -2.41. The third-order valence-corrected chi connectivity index (χ3v) is 12.4. The fourth-order valence-corrected chi connectivity index (χ4v) is 10.2. The van der Waals surface area contributed by atoms with Gasteiger partial charge in [-0.2, -0.15) is 0 Å². The van der Waals surface area contributed by atoms with Crippen LogP contribution in [0.5, 0.6) is 11.5 Å². The van der Waals surface area contributed by atoms with Crippen molar-refractivity contribution < 1.29 is 14.6 Å². The van der Waals surface area contributed by atoms with E-state index < -0.39 is 5.97 Å². The minimum absolute atomic E-state index is 0.0398. The average Bonchev–Trinajstić information content (AvgIpc) is 3.36. The van der Waals surface area contributed by atoms with Gasteiger partial charge in [0.15, 0.2) is 0 Å². The molecule has 0 bridgehead atoms. The van der Waals surface area contributed by atoms with E-state index in [1.165, 1.54) is 45.1 Å².